The van der Waals surface area contributed by atoms with Crippen molar-refractivity contribution in [3.8, 4) is 11.1 Å². The molecule has 3 aromatic rings. The van der Waals surface area contributed by atoms with E-state index < -0.39 is 23.3 Å². The Kier molecular flexibility index (Phi) is 6.93. The minimum Gasteiger partial charge on any atom is -0.438 e. The molecule has 0 aromatic heterocycles. The minimum atomic E-state index is -1.02. The molecular weight excluding hydrogens is 443 g/mol. The van der Waals surface area contributed by atoms with Crippen LogP contribution in [0.25, 0.3) is 11.1 Å². The largest absolute Gasteiger partial charge is 0.438 e. The Hall–Kier alpha value is -3.32. The van der Waals surface area contributed by atoms with Gasteiger partial charge in [0.05, 0.1) is 6.04 Å². The second-order valence-corrected chi connectivity index (χ2v) is 8.46. The number of ether oxygens (including phenoxy) is 1. The lowest BCUT2D eigenvalue weighted by molar-refractivity contribution is -0.0734. The van der Waals surface area contributed by atoms with Crippen molar-refractivity contribution in [2.45, 2.75) is 37.8 Å². The molecule has 0 spiro atoms. The van der Waals surface area contributed by atoms with Gasteiger partial charge < -0.3 is 14.7 Å². The summed E-state index contributed by atoms with van der Waals surface area (Å²) in [6.45, 7) is 2.17. The van der Waals surface area contributed by atoms with Crippen molar-refractivity contribution < 1.29 is 27.8 Å². The molecule has 1 aliphatic heterocycles. The Labute approximate surface area is 196 Å². The van der Waals surface area contributed by atoms with Gasteiger partial charge in [0.1, 0.15) is 23.1 Å². The van der Waals surface area contributed by atoms with E-state index in [0.29, 0.717) is 36.1 Å². The number of aliphatic hydroxyl groups excluding tert-OH is 1. The van der Waals surface area contributed by atoms with E-state index in [-0.39, 0.29) is 24.9 Å². The fraction of sp³-hybridized carbons (Fsp3) is 0.296. The molecule has 4 rings (SSSR count). The highest BCUT2D eigenvalue weighted by atomic mass is 19.1. The summed E-state index contributed by atoms with van der Waals surface area (Å²) in [6.07, 6.45) is 0.778. The Morgan fingerprint density at radius 1 is 1.00 bits per heavy atom. The number of hydrogen-bond acceptors (Lipinski definition) is 3. The Balaban J connectivity index is 1.55. The predicted molar refractivity (Wildman–Crippen MR) is 122 cm³/mol. The molecule has 2 unspecified atom stereocenters. The number of cyclic esters (lactones) is 1. The van der Waals surface area contributed by atoms with Crippen LogP contribution in [0.1, 0.15) is 43.4 Å². The molecule has 1 N–H and O–H groups in total. The van der Waals surface area contributed by atoms with Crippen molar-refractivity contribution >= 4 is 6.09 Å². The van der Waals surface area contributed by atoms with Crippen molar-refractivity contribution in [2.75, 3.05) is 13.2 Å². The van der Waals surface area contributed by atoms with E-state index in [1.165, 1.54) is 24.3 Å². The first-order chi connectivity index (χ1) is 16.4. The number of hydrogen-bond donors (Lipinski definition) is 1. The predicted octanol–water partition coefficient (Wildman–Crippen LogP) is 6.34. The Bertz CT molecular complexity index is 1150. The highest BCUT2D eigenvalue weighted by molar-refractivity contribution is 5.70. The SMILES string of the molecule is CCC(c1ccc(-c2ccc(F)cc2F)cc1)N1CCC(CCO)(c2ccc(F)cc2)OC1=O. The van der Waals surface area contributed by atoms with Crippen molar-refractivity contribution in [3.05, 3.63) is 95.3 Å². The summed E-state index contributed by atoms with van der Waals surface area (Å²) in [7, 11) is 0. The van der Waals surface area contributed by atoms with Crippen LogP contribution in [0.2, 0.25) is 0 Å². The van der Waals surface area contributed by atoms with Gasteiger partial charge >= 0.3 is 6.09 Å². The zero-order valence-corrected chi connectivity index (χ0v) is 18.8. The molecule has 34 heavy (non-hydrogen) atoms. The summed E-state index contributed by atoms with van der Waals surface area (Å²) in [5.74, 6) is -1.66. The van der Waals surface area contributed by atoms with E-state index in [0.717, 1.165) is 11.6 Å². The third kappa shape index (κ3) is 4.66. The summed E-state index contributed by atoms with van der Waals surface area (Å²) in [5.41, 5.74) is 1.40. The third-order valence-corrected chi connectivity index (χ3v) is 6.46. The van der Waals surface area contributed by atoms with Crippen LogP contribution in [0.5, 0.6) is 0 Å². The van der Waals surface area contributed by atoms with Crippen molar-refractivity contribution in [3.63, 3.8) is 0 Å². The number of halogens is 3. The standard InChI is InChI=1S/C27H26F3NO3/c1-2-25(19-5-3-18(4-6-19)23-12-11-22(29)17-24(23)30)31-15-13-27(14-16-32,34-26(31)33)20-7-9-21(28)10-8-20/h3-12,17,25,32H,2,13-16H2,1H3. The molecule has 1 aliphatic rings. The molecule has 4 nitrogen and oxygen atoms in total. The highest BCUT2D eigenvalue weighted by Crippen LogP contribution is 2.40. The summed E-state index contributed by atoms with van der Waals surface area (Å²) in [5, 5.41) is 9.61. The zero-order valence-electron chi connectivity index (χ0n) is 18.8. The summed E-state index contributed by atoms with van der Waals surface area (Å²) in [4.78, 5) is 14.8. The van der Waals surface area contributed by atoms with Gasteiger partial charge in [-0.1, -0.05) is 43.3 Å². The highest BCUT2D eigenvalue weighted by Gasteiger charge is 2.43. The first-order valence-electron chi connectivity index (χ1n) is 11.3. The molecular formula is C27H26F3NO3. The van der Waals surface area contributed by atoms with Crippen LogP contribution in [0.3, 0.4) is 0 Å². The first kappa shape index (κ1) is 23.8. The lowest BCUT2D eigenvalue weighted by Gasteiger charge is -2.44. The number of nitrogens with zero attached hydrogens (tertiary/aromatic N) is 1. The van der Waals surface area contributed by atoms with Crippen LogP contribution < -0.4 is 0 Å². The number of benzene rings is 3. The molecule has 0 bridgehead atoms. The van der Waals surface area contributed by atoms with Gasteiger partial charge in [0.2, 0.25) is 0 Å². The maximum atomic E-state index is 14.2. The van der Waals surface area contributed by atoms with Crippen molar-refractivity contribution in [1.82, 2.24) is 4.90 Å². The summed E-state index contributed by atoms with van der Waals surface area (Å²) >= 11 is 0. The van der Waals surface area contributed by atoms with Crippen LogP contribution in [-0.2, 0) is 10.3 Å². The molecule has 3 aromatic carbocycles. The molecule has 0 radical (unpaired) electrons. The summed E-state index contributed by atoms with van der Waals surface area (Å²) < 4.78 is 46.7. The van der Waals surface area contributed by atoms with Crippen molar-refractivity contribution in [2.24, 2.45) is 0 Å². The van der Waals surface area contributed by atoms with E-state index in [1.807, 2.05) is 19.1 Å². The van der Waals surface area contributed by atoms with E-state index >= 15 is 0 Å². The quantitative estimate of drug-likeness (QED) is 0.439. The minimum absolute atomic E-state index is 0.177. The molecule has 7 heteroatoms. The second-order valence-electron chi connectivity index (χ2n) is 8.46. The second kappa shape index (κ2) is 9.89. The van der Waals surface area contributed by atoms with Gasteiger partial charge in [0.25, 0.3) is 0 Å². The molecule has 1 saturated heterocycles. The van der Waals surface area contributed by atoms with Gasteiger partial charge in [-0.25, -0.2) is 18.0 Å². The Morgan fingerprint density at radius 3 is 2.26 bits per heavy atom. The van der Waals surface area contributed by atoms with Crippen LogP contribution in [0.4, 0.5) is 18.0 Å². The maximum absolute atomic E-state index is 14.2. The number of aliphatic hydroxyl groups is 1. The molecule has 1 fully saturated rings. The maximum Gasteiger partial charge on any atom is 0.411 e. The molecule has 0 saturated carbocycles. The number of amides is 1. The number of rotatable bonds is 7. The van der Waals surface area contributed by atoms with Crippen LogP contribution >= 0.6 is 0 Å². The molecule has 178 valence electrons. The van der Waals surface area contributed by atoms with E-state index in [4.69, 9.17) is 4.74 Å². The van der Waals surface area contributed by atoms with E-state index in [9.17, 15) is 23.1 Å². The zero-order chi connectivity index (χ0) is 24.3. The number of carbonyl (C=O) groups is 1. The fourth-order valence-corrected chi connectivity index (χ4v) is 4.65. The molecule has 1 amide bonds. The third-order valence-electron chi connectivity index (χ3n) is 6.46. The fourth-order valence-electron chi connectivity index (χ4n) is 4.65. The first-order valence-corrected chi connectivity index (χ1v) is 11.3. The van der Waals surface area contributed by atoms with Gasteiger partial charge in [-0.2, -0.15) is 0 Å². The normalized spacial score (nSPS) is 19.1. The topological polar surface area (TPSA) is 49.8 Å². The van der Waals surface area contributed by atoms with Crippen molar-refractivity contribution in [1.29, 1.82) is 0 Å². The Morgan fingerprint density at radius 2 is 1.68 bits per heavy atom. The van der Waals surface area contributed by atoms with Crippen LogP contribution in [0, 0.1) is 17.5 Å². The summed E-state index contributed by atoms with van der Waals surface area (Å²) in [6, 6.07) is 16.1. The number of carbonyl (C=O) groups excluding carboxylic acids is 1. The molecule has 1 heterocycles. The van der Waals surface area contributed by atoms with Crippen LogP contribution in [-0.4, -0.2) is 29.3 Å². The molecule has 0 aliphatic carbocycles. The lowest BCUT2D eigenvalue weighted by Crippen LogP contribution is -2.49. The van der Waals surface area contributed by atoms with Gasteiger partial charge in [-0.3, -0.25) is 0 Å². The van der Waals surface area contributed by atoms with Crippen LogP contribution in [0.15, 0.2) is 66.7 Å². The van der Waals surface area contributed by atoms with Gasteiger partial charge in [0.15, 0.2) is 0 Å². The smallest absolute Gasteiger partial charge is 0.411 e. The average molecular weight is 470 g/mol. The van der Waals surface area contributed by atoms with Gasteiger partial charge in [-0.15, -0.1) is 0 Å². The van der Waals surface area contributed by atoms with Gasteiger partial charge in [-0.05, 0) is 47.4 Å². The lowest BCUT2D eigenvalue weighted by atomic mass is 9.85. The molecule has 2 atom stereocenters. The van der Waals surface area contributed by atoms with E-state index in [2.05, 4.69) is 0 Å². The van der Waals surface area contributed by atoms with E-state index in [1.54, 1.807) is 29.2 Å². The average Bonchev–Trinajstić information content (AvgIpc) is 2.82. The monoisotopic (exact) mass is 469 g/mol. The van der Waals surface area contributed by atoms with Gasteiger partial charge in [0, 0.05) is 37.6 Å².